The minimum absolute atomic E-state index is 0.0644. The third kappa shape index (κ3) is 4.11. The van der Waals surface area contributed by atoms with E-state index in [4.69, 9.17) is 9.47 Å². The Hall–Kier alpha value is -1.79. The average molecular weight is 308 g/mol. The molecule has 0 saturated heterocycles. The fourth-order valence-corrected chi connectivity index (χ4v) is 2.60. The second-order valence-corrected chi connectivity index (χ2v) is 5.52. The molecule has 1 aliphatic rings. The standard InChI is InChI=1S/C16H24N2O4/c1-11(14-10-22-15-6-4-3-5-13(14)15)17-16(20)18-12(9-19)7-8-21-2/h3-6,11-12,14,19H,7-10H2,1-2H3,(H2,17,18,20). The zero-order chi connectivity index (χ0) is 15.9. The van der Waals surface area contributed by atoms with Crippen molar-refractivity contribution in [3.63, 3.8) is 0 Å². The molecule has 0 spiro atoms. The molecule has 0 saturated carbocycles. The van der Waals surface area contributed by atoms with E-state index in [-0.39, 0.29) is 30.6 Å². The maximum atomic E-state index is 12.0. The van der Waals surface area contributed by atoms with Gasteiger partial charge in [0.1, 0.15) is 5.75 Å². The summed E-state index contributed by atoms with van der Waals surface area (Å²) in [6, 6.07) is 7.22. The highest BCUT2D eigenvalue weighted by Crippen LogP contribution is 2.35. The Bertz CT molecular complexity index is 495. The van der Waals surface area contributed by atoms with Crippen LogP contribution in [0.15, 0.2) is 24.3 Å². The summed E-state index contributed by atoms with van der Waals surface area (Å²) in [6.07, 6.45) is 0.574. The first kappa shape index (κ1) is 16.6. The molecule has 22 heavy (non-hydrogen) atoms. The van der Waals surface area contributed by atoms with Gasteiger partial charge in [0.25, 0.3) is 0 Å². The van der Waals surface area contributed by atoms with Crippen molar-refractivity contribution in [2.24, 2.45) is 0 Å². The lowest BCUT2D eigenvalue weighted by molar-refractivity contribution is 0.159. The maximum Gasteiger partial charge on any atom is 0.315 e. The van der Waals surface area contributed by atoms with Crippen molar-refractivity contribution in [1.82, 2.24) is 10.6 Å². The van der Waals surface area contributed by atoms with Crippen molar-refractivity contribution >= 4 is 6.03 Å². The Morgan fingerprint density at radius 3 is 2.95 bits per heavy atom. The summed E-state index contributed by atoms with van der Waals surface area (Å²) in [7, 11) is 1.59. The van der Waals surface area contributed by atoms with Crippen LogP contribution in [-0.4, -0.2) is 50.2 Å². The van der Waals surface area contributed by atoms with Gasteiger partial charge in [-0.15, -0.1) is 0 Å². The van der Waals surface area contributed by atoms with Gasteiger partial charge in [-0.25, -0.2) is 4.79 Å². The molecule has 6 heteroatoms. The van der Waals surface area contributed by atoms with Crippen LogP contribution in [-0.2, 0) is 4.74 Å². The van der Waals surface area contributed by atoms with Gasteiger partial charge in [0.2, 0.25) is 0 Å². The predicted molar refractivity (Wildman–Crippen MR) is 83.2 cm³/mol. The van der Waals surface area contributed by atoms with Crippen LogP contribution in [0, 0.1) is 0 Å². The van der Waals surface area contributed by atoms with E-state index in [1.54, 1.807) is 7.11 Å². The number of benzene rings is 1. The molecular formula is C16H24N2O4. The normalized spacial score (nSPS) is 19.0. The van der Waals surface area contributed by atoms with Gasteiger partial charge in [0.15, 0.2) is 0 Å². The summed E-state index contributed by atoms with van der Waals surface area (Å²) in [4.78, 5) is 12.0. The highest BCUT2D eigenvalue weighted by atomic mass is 16.5. The molecule has 6 nitrogen and oxygen atoms in total. The number of carbonyl (C=O) groups excluding carboxylic acids is 1. The summed E-state index contributed by atoms with van der Waals surface area (Å²) in [5.74, 6) is 1.02. The van der Waals surface area contributed by atoms with Crippen molar-refractivity contribution < 1.29 is 19.4 Å². The quantitative estimate of drug-likeness (QED) is 0.708. The molecule has 0 bridgehead atoms. The number of aliphatic hydroxyl groups is 1. The highest BCUT2D eigenvalue weighted by molar-refractivity contribution is 5.74. The van der Waals surface area contributed by atoms with Crippen molar-refractivity contribution in [2.45, 2.75) is 31.3 Å². The van der Waals surface area contributed by atoms with Crippen LogP contribution in [0.3, 0.4) is 0 Å². The molecule has 2 amide bonds. The van der Waals surface area contributed by atoms with Gasteiger partial charge >= 0.3 is 6.03 Å². The minimum Gasteiger partial charge on any atom is -0.493 e. The molecular weight excluding hydrogens is 284 g/mol. The van der Waals surface area contributed by atoms with Crippen molar-refractivity contribution in [1.29, 1.82) is 0 Å². The van der Waals surface area contributed by atoms with Gasteiger partial charge in [0, 0.05) is 31.2 Å². The summed E-state index contributed by atoms with van der Waals surface area (Å²) in [5, 5.41) is 14.9. The van der Waals surface area contributed by atoms with E-state index in [1.807, 2.05) is 31.2 Å². The van der Waals surface area contributed by atoms with Crippen LogP contribution < -0.4 is 15.4 Å². The fourth-order valence-electron chi connectivity index (χ4n) is 2.60. The molecule has 1 heterocycles. The van der Waals surface area contributed by atoms with E-state index in [0.717, 1.165) is 11.3 Å². The molecule has 1 aromatic carbocycles. The molecule has 2 rings (SSSR count). The summed E-state index contributed by atoms with van der Waals surface area (Å²) < 4.78 is 10.6. The van der Waals surface area contributed by atoms with Gasteiger partial charge in [-0.05, 0) is 19.4 Å². The first-order valence-corrected chi connectivity index (χ1v) is 7.54. The Balaban J connectivity index is 1.87. The zero-order valence-electron chi connectivity index (χ0n) is 13.0. The van der Waals surface area contributed by atoms with Crippen LogP contribution in [0.5, 0.6) is 5.75 Å². The first-order valence-electron chi connectivity index (χ1n) is 7.54. The second-order valence-electron chi connectivity index (χ2n) is 5.52. The molecule has 0 aromatic heterocycles. The Labute approximate surface area is 130 Å². The number of urea groups is 1. The number of hydrogen-bond donors (Lipinski definition) is 3. The fraction of sp³-hybridized carbons (Fsp3) is 0.562. The predicted octanol–water partition coefficient (Wildman–Crippen LogP) is 1.25. The Kier molecular flexibility index (Phi) is 6.03. The average Bonchev–Trinajstić information content (AvgIpc) is 2.95. The third-order valence-corrected chi connectivity index (χ3v) is 3.93. The first-order chi connectivity index (χ1) is 10.7. The van der Waals surface area contributed by atoms with Crippen molar-refractivity contribution in [3.8, 4) is 5.75 Å². The lowest BCUT2D eigenvalue weighted by Gasteiger charge is -2.22. The van der Waals surface area contributed by atoms with Gasteiger partial charge in [0.05, 0.1) is 19.3 Å². The number of methoxy groups -OCH3 is 1. The number of fused-ring (bicyclic) bond motifs is 1. The molecule has 0 fully saturated rings. The van der Waals surface area contributed by atoms with E-state index in [0.29, 0.717) is 19.6 Å². The Morgan fingerprint density at radius 1 is 1.45 bits per heavy atom. The molecule has 3 N–H and O–H groups in total. The highest BCUT2D eigenvalue weighted by Gasteiger charge is 2.29. The molecule has 3 unspecified atom stereocenters. The number of carbonyl (C=O) groups is 1. The molecule has 0 aliphatic carbocycles. The van der Waals surface area contributed by atoms with Gasteiger partial charge < -0.3 is 25.2 Å². The van der Waals surface area contributed by atoms with Crippen LogP contribution in [0.1, 0.15) is 24.8 Å². The van der Waals surface area contributed by atoms with Crippen LogP contribution in [0.4, 0.5) is 4.79 Å². The van der Waals surface area contributed by atoms with E-state index in [1.165, 1.54) is 0 Å². The summed E-state index contributed by atoms with van der Waals surface area (Å²) in [6.45, 7) is 2.90. The topological polar surface area (TPSA) is 79.8 Å². The van der Waals surface area contributed by atoms with Crippen LogP contribution in [0.25, 0.3) is 0 Å². The van der Waals surface area contributed by atoms with Crippen molar-refractivity contribution in [2.75, 3.05) is 26.9 Å². The van der Waals surface area contributed by atoms with E-state index in [2.05, 4.69) is 10.6 Å². The van der Waals surface area contributed by atoms with E-state index < -0.39 is 0 Å². The SMILES string of the molecule is COCCC(CO)NC(=O)NC(C)C1COc2ccccc21. The third-order valence-electron chi connectivity index (χ3n) is 3.93. The van der Waals surface area contributed by atoms with Gasteiger partial charge in [-0.2, -0.15) is 0 Å². The van der Waals surface area contributed by atoms with Crippen LogP contribution in [0.2, 0.25) is 0 Å². The number of hydrogen-bond acceptors (Lipinski definition) is 4. The van der Waals surface area contributed by atoms with Crippen LogP contribution >= 0.6 is 0 Å². The van der Waals surface area contributed by atoms with Crippen molar-refractivity contribution in [3.05, 3.63) is 29.8 Å². The number of rotatable bonds is 7. The molecule has 3 atom stereocenters. The van der Waals surface area contributed by atoms with Gasteiger partial charge in [-0.3, -0.25) is 0 Å². The largest absolute Gasteiger partial charge is 0.493 e. The number of aliphatic hydroxyl groups excluding tert-OH is 1. The van der Waals surface area contributed by atoms with Gasteiger partial charge in [-0.1, -0.05) is 18.2 Å². The lowest BCUT2D eigenvalue weighted by atomic mass is 9.94. The number of nitrogens with one attached hydrogen (secondary N) is 2. The summed E-state index contributed by atoms with van der Waals surface area (Å²) in [5.41, 5.74) is 1.12. The molecule has 1 aliphatic heterocycles. The molecule has 1 aromatic rings. The lowest BCUT2D eigenvalue weighted by Crippen LogP contribution is -2.48. The number of amides is 2. The maximum absolute atomic E-state index is 12.0. The Morgan fingerprint density at radius 2 is 2.23 bits per heavy atom. The molecule has 0 radical (unpaired) electrons. The monoisotopic (exact) mass is 308 g/mol. The van der Waals surface area contributed by atoms with E-state index >= 15 is 0 Å². The smallest absolute Gasteiger partial charge is 0.315 e. The number of ether oxygens (including phenoxy) is 2. The molecule has 122 valence electrons. The minimum atomic E-state index is -0.306. The number of para-hydroxylation sites is 1. The zero-order valence-corrected chi connectivity index (χ0v) is 13.0. The van der Waals surface area contributed by atoms with E-state index in [9.17, 15) is 9.90 Å². The second kappa shape index (κ2) is 8.00. The summed E-state index contributed by atoms with van der Waals surface area (Å²) >= 11 is 0.